The first-order chi connectivity index (χ1) is 18.8. The lowest BCUT2D eigenvalue weighted by Gasteiger charge is -2.22. The van der Waals surface area contributed by atoms with E-state index in [0.717, 1.165) is 87.7 Å². The molecule has 6 nitrogen and oxygen atoms in total. The number of hydrogen-bond acceptors (Lipinski definition) is 6. The lowest BCUT2D eigenvalue weighted by Crippen LogP contribution is -2.30. The molecule has 0 radical (unpaired) electrons. The first-order valence-corrected chi connectivity index (χ1v) is 13.5. The Morgan fingerprint density at radius 3 is 0.947 bits per heavy atom. The highest BCUT2D eigenvalue weighted by molar-refractivity contribution is 5.07. The number of aromatic nitrogens is 4. The van der Waals surface area contributed by atoms with Crippen molar-refractivity contribution in [1.82, 2.24) is 29.7 Å². The normalized spacial score (nSPS) is 11.5. The first-order valence-electron chi connectivity index (χ1n) is 13.5. The van der Waals surface area contributed by atoms with Crippen LogP contribution in [0, 0.1) is 0 Å². The van der Waals surface area contributed by atoms with Crippen molar-refractivity contribution in [1.29, 1.82) is 0 Å². The quantitative estimate of drug-likeness (QED) is 0.205. The maximum Gasteiger partial charge on any atom is 0.0416 e. The number of nitrogens with zero attached hydrogens (tertiary/aromatic N) is 6. The van der Waals surface area contributed by atoms with Crippen molar-refractivity contribution in [2.45, 2.75) is 25.7 Å². The molecule has 4 rings (SSSR count). The minimum atomic E-state index is 0.911. The van der Waals surface area contributed by atoms with Crippen LogP contribution < -0.4 is 0 Å². The molecule has 0 saturated carbocycles. The maximum absolute atomic E-state index is 4.51. The standard InChI is InChI=1S/C32H38N6/c1-5-19-33-29(11-1)15-25-37(26-16-30-12-2-6-20-34-30)23-9-10-24-38(27-17-31-13-3-7-21-35-31)28-18-32-14-4-8-22-36-32/h1-14,19-22H,15-18,23-28H2/b10-9+. The summed E-state index contributed by atoms with van der Waals surface area (Å²) in [5.41, 5.74) is 4.54. The van der Waals surface area contributed by atoms with Crippen LogP contribution in [0.5, 0.6) is 0 Å². The van der Waals surface area contributed by atoms with Crippen LogP contribution in [0.1, 0.15) is 22.8 Å². The van der Waals surface area contributed by atoms with Gasteiger partial charge in [-0.1, -0.05) is 36.4 Å². The van der Waals surface area contributed by atoms with Crippen LogP contribution in [0.25, 0.3) is 0 Å². The number of hydrogen-bond donors (Lipinski definition) is 0. The highest BCUT2D eigenvalue weighted by atomic mass is 15.1. The Bertz CT molecular complexity index is 988. The van der Waals surface area contributed by atoms with E-state index in [-0.39, 0.29) is 0 Å². The summed E-state index contributed by atoms with van der Waals surface area (Å²) < 4.78 is 0. The van der Waals surface area contributed by atoms with Crippen molar-refractivity contribution in [3.8, 4) is 0 Å². The maximum atomic E-state index is 4.51. The van der Waals surface area contributed by atoms with E-state index in [9.17, 15) is 0 Å². The van der Waals surface area contributed by atoms with Gasteiger partial charge in [0.05, 0.1) is 0 Å². The molecule has 0 aliphatic carbocycles. The van der Waals surface area contributed by atoms with E-state index in [1.165, 1.54) is 0 Å². The summed E-state index contributed by atoms with van der Waals surface area (Å²) in [5, 5.41) is 0. The van der Waals surface area contributed by atoms with Gasteiger partial charge in [-0.05, 0) is 48.5 Å². The van der Waals surface area contributed by atoms with Gasteiger partial charge in [0.15, 0.2) is 0 Å². The molecular formula is C32H38N6. The van der Waals surface area contributed by atoms with Crippen molar-refractivity contribution in [3.63, 3.8) is 0 Å². The predicted octanol–water partition coefficient (Wildman–Crippen LogP) is 4.70. The van der Waals surface area contributed by atoms with Gasteiger partial charge in [-0.3, -0.25) is 29.7 Å². The van der Waals surface area contributed by atoms with Gasteiger partial charge in [-0.2, -0.15) is 0 Å². The third-order valence-electron chi connectivity index (χ3n) is 6.54. The molecule has 0 amide bonds. The second-order valence-electron chi connectivity index (χ2n) is 9.36. The largest absolute Gasteiger partial charge is 0.299 e. The highest BCUT2D eigenvalue weighted by Gasteiger charge is 2.08. The molecule has 0 spiro atoms. The van der Waals surface area contributed by atoms with Crippen molar-refractivity contribution in [3.05, 3.63) is 133 Å². The van der Waals surface area contributed by atoms with Gasteiger partial charge in [0.2, 0.25) is 0 Å². The highest BCUT2D eigenvalue weighted by Crippen LogP contribution is 2.04. The Balaban J connectivity index is 1.32. The van der Waals surface area contributed by atoms with Crippen LogP contribution in [0.4, 0.5) is 0 Å². The molecule has 4 aromatic rings. The molecule has 0 bridgehead atoms. The zero-order valence-corrected chi connectivity index (χ0v) is 22.1. The molecule has 0 atom stereocenters. The smallest absolute Gasteiger partial charge is 0.0416 e. The van der Waals surface area contributed by atoms with E-state index in [0.29, 0.717) is 0 Å². The summed E-state index contributed by atoms with van der Waals surface area (Å²) in [6, 6.07) is 24.5. The summed E-state index contributed by atoms with van der Waals surface area (Å²) in [6.07, 6.45) is 15.9. The van der Waals surface area contributed by atoms with Crippen molar-refractivity contribution < 1.29 is 0 Å². The summed E-state index contributed by atoms with van der Waals surface area (Å²) >= 11 is 0. The van der Waals surface area contributed by atoms with Gasteiger partial charge in [0, 0.05) is 113 Å². The molecule has 4 aromatic heterocycles. The molecule has 0 N–H and O–H groups in total. The SMILES string of the molecule is C(=C\CN(CCc1ccccn1)CCc1ccccn1)/CN(CCc1ccccn1)CCc1ccccn1. The Morgan fingerprint density at radius 2 is 0.711 bits per heavy atom. The first kappa shape index (κ1) is 27.3. The van der Waals surface area contributed by atoms with Gasteiger partial charge in [-0.25, -0.2) is 0 Å². The third kappa shape index (κ3) is 10.3. The minimum absolute atomic E-state index is 0.911. The summed E-state index contributed by atoms with van der Waals surface area (Å²) in [7, 11) is 0. The van der Waals surface area contributed by atoms with Gasteiger partial charge in [0.1, 0.15) is 0 Å². The van der Waals surface area contributed by atoms with E-state index in [4.69, 9.17) is 0 Å². The van der Waals surface area contributed by atoms with Crippen LogP contribution in [-0.4, -0.2) is 69.0 Å². The molecule has 196 valence electrons. The summed E-state index contributed by atoms with van der Waals surface area (Å²) in [6.45, 7) is 5.70. The van der Waals surface area contributed by atoms with E-state index in [1.54, 1.807) is 0 Å². The fraction of sp³-hybridized carbons (Fsp3) is 0.312. The lowest BCUT2D eigenvalue weighted by molar-refractivity contribution is 0.300. The van der Waals surface area contributed by atoms with E-state index < -0.39 is 0 Å². The number of pyridine rings is 4. The fourth-order valence-electron chi connectivity index (χ4n) is 4.31. The molecule has 0 aliphatic rings. The molecule has 38 heavy (non-hydrogen) atoms. The van der Waals surface area contributed by atoms with Crippen LogP contribution in [0.3, 0.4) is 0 Å². The zero-order valence-electron chi connectivity index (χ0n) is 22.1. The number of rotatable bonds is 16. The van der Waals surface area contributed by atoms with E-state index in [1.807, 2.05) is 49.1 Å². The minimum Gasteiger partial charge on any atom is -0.299 e. The molecule has 4 heterocycles. The molecule has 6 heteroatoms. The second kappa shape index (κ2) is 16.2. The van der Waals surface area contributed by atoms with E-state index >= 15 is 0 Å². The lowest BCUT2D eigenvalue weighted by atomic mass is 10.2. The Labute approximate surface area is 227 Å². The Morgan fingerprint density at radius 1 is 0.421 bits per heavy atom. The van der Waals surface area contributed by atoms with Crippen LogP contribution in [0.2, 0.25) is 0 Å². The predicted molar refractivity (Wildman–Crippen MR) is 154 cm³/mol. The second-order valence-corrected chi connectivity index (χ2v) is 9.36. The zero-order chi connectivity index (χ0) is 26.1. The fourth-order valence-corrected chi connectivity index (χ4v) is 4.31. The Hall–Kier alpha value is -3.74. The van der Waals surface area contributed by atoms with Gasteiger partial charge < -0.3 is 0 Å². The topological polar surface area (TPSA) is 58.0 Å². The molecule has 0 fully saturated rings. The van der Waals surface area contributed by atoms with Gasteiger partial charge in [0.25, 0.3) is 0 Å². The molecule has 0 aromatic carbocycles. The van der Waals surface area contributed by atoms with Crippen LogP contribution in [-0.2, 0) is 25.7 Å². The average Bonchev–Trinajstić information content (AvgIpc) is 2.99. The summed E-state index contributed by atoms with van der Waals surface area (Å²) in [4.78, 5) is 23.0. The molecule has 0 aliphatic heterocycles. The monoisotopic (exact) mass is 506 g/mol. The van der Waals surface area contributed by atoms with Crippen molar-refractivity contribution >= 4 is 0 Å². The van der Waals surface area contributed by atoms with Crippen molar-refractivity contribution in [2.24, 2.45) is 0 Å². The van der Waals surface area contributed by atoms with Crippen molar-refractivity contribution in [2.75, 3.05) is 39.3 Å². The third-order valence-corrected chi connectivity index (χ3v) is 6.54. The Kier molecular flexibility index (Phi) is 11.6. The van der Waals surface area contributed by atoms with Gasteiger partial charge in [-0.15, -0.1) is 0 Å². The molecular weight excluding hydrogens is 468 g/mol. The van der Waals surface area contributed by atoms with E-state index in [2.05, 4.69) is 90.4 Å². The molecule has 0 unspecified atom stereocenters. The summed E-state index contributed by atoms with van der Waals surface area (Å²) in [5.74, 6) is 0. The average molecular weight is 507 g/mol. The van der Waals surface area contributed by atoms with Gasteiger partial charge >= 0.3 is 0 Å². The molecule has 0 saturated heterocycles. The van der Waals surface area contributed by atoms with Crippen LogP contribution in [0.15, 0.2) is 110 Å². The van der Waals surface area contributed by atoms with Crippen LogP contribution >= 0.6 is 0 Å².